The van der Waals surface area contributed by atoms with Crippen LogP contribution >= 0.6 is 0 Å². The molecule has 0 fully saturated rings. The first-order chi connectivity index (χ1) is 15.3. The third-order valence-corrected chi connectivity index (χ3v) is 5.59. The van der Waals surface area contributed by atoms with Gasteiger partial charge in [0.15, 0.2) is 0 Å². The molecule has 5 aromatic carbocycles. The van der Waals surface area contributed by atoms with Crippen LogP contribution < -0.4 is 0 Å². The lowest BCUT2D eigenvalue weighted by Crippen LogP contribution is -1.94. The molecule has 0 unspecified atom stereocenters. The van der Waals surface area contributed by atoms with Gasteiger partial charge in [0, 0.05) is 16.7 Å². The molecule has 0 bridgehead atoms. The van der Waals surface area contributed by atoms with Gasteiger partial charge in [0.25, 0.3) is 0 Å². The van der Waals surface area contributed by atoms with Crippen molar-refractivity contribution in [2.75, 3.05) is 0 Å². The van der Waals surface area contributed by atoms with Crippen LogP contribution in [0.3, 0.4) is 0 Å². The summed E-state index contributed by atoms with van der Waals surface area (Å²) >= 11 is 0. The summed E-state index contributed by atoms with van der Waals surface area (Å²) < 4.78 is 0. The van der Waals surface area contributed by atoms with Crippen LogP contribution in [0, 0.1) is 0 Å². The fourth-order valence-corrected chi connectivity index (χ4v) is 4.15. The van der Waals surface area contributed by atoms with Crippen LogP contribution in [-0.2, 0) is 0 Å². The van der Waals surface area contributed by atoms with E-state index in [4.69, 9.17) is 0 Å². The number of hydrogen-bond acceptors (Lipinski definition) is 1. The smallest absolute Gasteiger partial charge is 0.131 e. The lowest BCUT2D eigenvalue weighted by atomic mass is 9.84. The van der Waals surface area contributed by atoms with Gasteiger partial charge in [-0.05, 0) is 33.9 Å². The molecule has 0 radical (unpaired) electrons. The Balaban J connectivity index is 1.93. The number of aromatic hydroxyl groups is 1. The molecule has 5 aromatic rings. The van der Waals surface area contributed by atoms with Gasteiger partial charge in [-0.25, -0.2) is 0 Å². The quantitative estimate of drug-likeness (QED) is 0.324. The van der Waals surface area contributed by atoms with Gasteiger partial charge >= 0.3 is 0 Å². The third kappa shape index (κ3) is 3.62. The molecule has 1 N–H and O–H groups in total. The first-order valence-corrected chi connectivity index (χ1v) is 10.4. The zero-order valence-electron chi connectivity index (χ0n) is 17.1. The zero-order valence-corrected chi connectivity index (χ0v) is 17.1. The van der Waals surface area contributed by atoms with E-state index >= 15 is 0 Å². The van der Waals surface area contributed by atoms with Crippen molar-refractivity contribution in [3.63, 3.8) is 0 Å². The number of hydrogen-bond donors (Lipinski definition) is 1. The Kier molecular flexibility index (Phi) is 5.08. The average Bonchev–Trinajstić information content (AvgIpc) is 2.86. The van der Waals surface area contributed by atoms with Crippen molar-refractivity contribution in [1.29, 1.82) is 0 Å². The summed E-state index contributed by atoms with van der Waals surface area (Å²) in [4.78, 5) is 0. The Labute approximate surface area is 182 Å². The van der Waals surface area contributed by atoms with Gasteiger partial charge in [-0.1, -0.05) is 121 Å². The van der Waals surface area contributed by atoms with Crippen molar-refractivity contribution < 1.29 is 5.11 Å². The summed E-state index contributed by atoms with van der Waals surface area (Å²) in [5, 5.41) is 11.6. The molecule has 0 aliphatic rings. The standard InChI is InChI=1S/C30H22O/c31-30-27(23-15-7-2-8-16-23)21-26(22-13-5-1-6-14-22)28(24-17-9-3-10-18-24)29(30)25-19-11-4-12-20-25/h1-21,31H. The molecule has 0 saturated carbocycles. The average molecular weight is 399 g/mol. The molecular formula is C30H22O. The lowest BCUT2D eigenvalue weighted by Gasteiger charge is -2.21. The fraction of sp³-hybridized carbons (Fsp3) is 0. The Hall–Kier alpha value is -4.10. The summed E-state index contributed by atoms with van der Waals surface area (Å²) in [6.45, 7) is 0. The van der Waals surface area contributed by atoms with Gasteiger partial charge in [0.2, 0.25) is 0 Å². The van der Waals surface area contributed by atoms with E-state index in [1.54, 1.807) is 0 Å². The molecule has 1 nitrogen and oxygen atoms in total. The second-order valence-corrected chi connectivity index (χ2v) is 7.53. The van der Waals surface area contributed by atoms with Crippen LogP contribution in [0.15, 0.2) is 127 Å². The summed E-state index contributed by atoms with van der Waals surface area (Å²) in [6.07, 6.45) is 0. The second kappa shape index (κ2) is 8.33. The van der Waals surface area contributed by atoms with Crippen LogP contribution in [-0.4, -0.2) is 5.11 Å². The van der Waals surface area contributed by atoms with Crippen LogP contribution in [0.5, 0.6) is 5.75 Å². The number of phenols is 1. The summed E-state index contributed by atoms with van der Waals surface area (Å²) in [7, 11) is 0. The third-order valence-electron chi connectivity index (χ3n) is 5.59. The molecular weight excluding hydrogens is 376 g/mol. The number of rotatable bonds is 4. The van der Waals surface area contributed by atoms with Crippen molar-refractivity contribution in [2.24, 2.45) is 0 Å². The second-order valence-electron chi connectivity index (χ2n) is 7.53. The van der Waals surface area contributed by atoms with Crippen molar-refractivity contribution in [2.45, 2.75) is 0 Å². The maximum atomic E-state index is 11.6. The molecule has 0 saturated heterocycles. The molecule has 0 amide bonds. The molecule has 0 spiro atoms. The van der Waals surface area contributed by atoms with Gasteiger partial charge in [-0.2, -0.15) is 0 Å². The lowest BCUT2D eigenvalue weighted by molar-refractivity contribution is 0.479. The summed E-state index contributed by atoms with van der Waals surface area (Å²) in [5.41, 5.74) is 8.01. The van der Waals surface area contributed by atoms with Crippen molar-refractivity contribution >= 4 is 0 Å². The van der Waals surface area contributed by atoms with Crippen molar-refractivity contribution in [3.8, 4) is 50.3 Å². The molecule has 148 valence electrons. The molecule has 1 heteroatoms. The van der Waals surface area contributed by atoms with Gasteiger partial charge in [0.1, 0.15) is 5.75 Å². The van der Waals surface area contributed by atoms with Gasteiger partial charge < -0.3 is 5.11 Å². The molecule has 0 heterocycles. The van der Waals surface area contributed by atoms with Crippen molar-refractivity contribution in [1.82, 2.24) is 0 Å². The van der Waals surface area contributed by atoms with Crippen molar-refractivity contribution in [3.05, 3.63) is 127 Å². The summed E-state index contributed by atoms with van der Waals surface area (Å²) in [6, 6.07) is 43.1. The van der Waals surface area contributed by atoms with E-state index in [1.165, 1.54) is 0 Å². The molecule has 5 rings (SSSR count). The highest BCUT2D eigenvalue weighted by Gasteiger charge is 2.21. The van der Waals surface area contributed by atoms with E-state index in [9.17, 15) is 5.11 Å². The minimum atomic E-state index is 0.302. The minimum absolute atomic E-state index is 0.302. The monoisotopic (exact) mass is 398 g/mol. The Morgan fingerprint density at radius 3 is 1.16 bits per heavy atom. The van der Waals surface area contributed by atoms with Gasteiger partial charge in [-0.15, -0.1) is 0 Å². The Morgan fingerprint density at radius 1 is 0.355 bits per heavy atom. The maximum absolute atomic E-state index is 11.6. The molecule has 0 aliphatic heterocycles. The number of benzene rings is 5. The largest absolute Gasteiger partial charge is 0.507 e. The predicted molar refractivity (Wildman–Crippen MR) is 130 cm³/mol. The van der Waals surface area contributed by atoms with Gasteiger partial charge in [0.05, 0.1) is 0 Å². The first-order valence-electron chi connectivity index (χ1n) is 10.4. The van der Waals surface area contributed by atoms with E-state index in [1.807, 2.05) is 72.8 Å². The Bertz CT molecular complexity index is 1290. The van der Waals surface area contributed by atoms with Gasteiger partial charge in [-0.3, -0.25) is 0 Å². The predicted octanol–water partition coefficient (Wildman–Crippen LogP) is 8.06. The molecule has 31 heavy (non-hydrogen) atoms. The highest BCUT2D eigenvalue weighted by molar-refractivity contribution is 6.01. The van der Waals surface area contributed by atoms with Crippen LogP contribution in [0.4, 0.5) is 0 Å². The molecule has 0 aliphatic carbocycles. The molecule has 0 aromatic heterocycles. The minimum Gasteiger partial charge on any atom is -0.507 e. The SMILES string of the molecule is Oc1c(-c2ccccc2)cc(-c2ccccc2)c(-c2ccccc2)c1-c1ccccc1. The zero-order chi connectivity index (χ0) is 21.0. The molecule has 0 atom stereocenters. The van der Waals surface area contributed by atoms with Crippen LogP contribution in [0.25, 0.3) is 44.5 Å². The highest BCUT2D eigenvalue weighted by atomic mass is 16.3. The Morgan fingerprint density at radius 2 is 0.710 bits per heavy atom. The fourth-order valence-electron chi connectivity index (χ4n) is 4.15. The highest BCUT2D eigenvalue weighted by Crippen LogP contribution is 2.49. The van der Waals surface area contributed by atoms with Crippen LogP contribution in [0.1, 0.15) is 0 Å². The normalized spacial score (nSPS) is 10.7. The topological polar surface area (TPSA) is 20.2 Å². The van der Waals surface area contributed by atoms with E-state index in [-0.39, 0.29) is 0 Å². The van der Waals surface area contributed by atoms with E-state index < -0.39 is 0 Å². The van der Waals surface area contributed by atoms with E-state index in [0.29, 0.717) is 5.75 Å². The maximum Gasteiger partial charge on any atom is 0.131 e. The van der Waals surface area contributed by atoms with E-state index in [2.05, 4.69) is 54.6 Å². The van der Waals surface area contributed by atoms with E-state index in [0.717, 1.165) is 44.5 Å². The summed E-state index contributed by atoms with van der Waals surface area (Å²) in [5.74, 6) is 0.302. The number of phenolic OH excluding ortho intramolecular Hbond substituents is 1. The van der Waals surface area contributed by atoms with Crippen LogP contribution in [0.2, 0.25) is 0 Å². The first kappa shape index (κ1) is 18.9.